The van der Waals surface area contributed by atoms with Crippen LogP contribution >= 0.6 is 0 Å². The average molecular weight is 210 g/mol. The predicted molar refractivity (Wildman–Crippen MR) is 55.1 cm³/mol. The van der Waals surface area contributed by atoms with Crippen LogP contribution in [0.3, 0.4) is 0 Å². The number of ether oxygens (including phenoxy) is 1. The first-order valence-corrected chi connectivity index (χ1v) is 5.14. The highest BCUT2D eigenvalue weighted by molar-refractivity contribution is 5.33. The van der Waals surface area contributed by atoms with Gasteiger partial charge in [0.15, 0.2) is 0 Å². The second-order valence-electron chi connectivity index (χ2n) is 4.15. The maximum absolute atomic E-state index is 12.9. The SMILES string of the molecule is Cc1cc(F)ccc1C1(O)CCOC1C. The average Bonchev–Trinajstić information content (AvgIpc) is 2.47. The van der Waals surface area contributed by atoms with Crippen LogP contribution in [0.4, 0.5) is 4.39 Å². The predicted octanol–water partition coefficient (Wildman–Crippen LogP) is 2.13. The minimum Gasteiger partial charge on any atom is -0.382 e. The van der Waals surface area contributed by atoms with E-state index in [1.165, 1.54) is 12.1 Å². The third-order valence-corrected chi connectivity index (χ3v) is 3.18. The highest BCUT2D eigenvalue weighted by atomic mass is 19.1. The summed E-state index contributed by atoms with van der Waals surface area (Å²) in [5.74, 6) is -0.272. The third kappa shape index (κ3) is 1.66. The first-order chi connectivity index (χ1) is 7.04. The summed E-state index contributed by atoms with van der Waals surface area (Å²) >= 11 is 0. The zero-order valence-corrected chi connectivity index (χ0v) is 8.96. The van der Waals surface area contributed by atoms with E-state index in [2.05, 4.69) is 0 Å². The van der Waals surface area contributed by atoms with Gasteiger partial charge < -0.3 is 9.84 Å². The molecule has 2 atom stereocenters. The smallest absolute Gasteiger partial charge is 0.123 e. The molecule has 2 unspecified atom stereocenters. The Morgan fingerprint density at radius 1 is 1.53 bits per heavy atom. The Hall–Kier alpha value is -0.930. The number of hydrogen-bond acceptors (Lipinski definition) is 2. The van der Waals surface area contributed by atoms with Crippen molar-refractivity contribution >= 4 is 0 Å². The maximum Gasteiger partial charge on any atom is 0.123 e. The molecule has 1 fully saturated rings. The van der Waals surface area contributed by atoms with Crippen LogP contribution in [0.15, 0.2) is 18.2 Å². The summed E-state index contributed by atoms with van der Waals surface area (Å²) in [5.41, 5.74) is 0.585. The van der Waals surface area contributed by atoms with Crippen LogP contribution in [0.1, 0.15) is 24.5 Å². The molecule has 0 saturated carbocycles. The van der Waals surface area contributed by atoms with E-state index in [-0.39, 0.29) is 11.9 Å². The van der Waals surface area contributed by atoms with Gasteiger partial charge in [0.25, 0.3) is 0 Å². The fraction of sp³-hybridized carbons (Fsp3) is 0.500. The van der Waals surface area contributed by atoms with Gasteiger partial charge in [-0.15, -0.1) is 0 Å². The summed E-state index contributed by atoms with van der Waals surface area (Å²) in [7, 11) is 0. The summed E-state index contributed by atoms with van der Waals surface area (Å²) in [6, 6.07) is 4.47. The Morgan fingerprint density at radius 3 is 2.80 bits per heavy atom. The van der Waals surface area contributed by atoms with Gasteiger partial charge in [-0.3, -0.25) is 0 Å². The lowest BCUT2D eigenvalue weighted by Gasteiger charge is -2.28. The number of benzene rings is 1. The van der Waals surface area contributed by atoms with Crippen LogP contribution in [-0.4, -0.2) is 17.8 Å². The Morgan fingerprint density at radius 2 is 2.27 bits per heavy atom. The molecule has 0 amide bonds. The Balaban J connectivity index is 2.44. The van der Waals surface area contributed by atoms with Crippen molar-refractivity contribution in [2.24, 2.45) is 0 Å². The van der Waals surface area contributed by atoms with E-state index in [4.69, 9.17) is 4.74 Å². The topological polar surface area (TPSA) is 29.5 Å². The molecule has 15 heavy (non-hydrogen) atoms. The van der Waals surface area contributed by atoms with E-state index in [9.17, 15) is 9.50 Å². The monoisotopic (exact) mass is 210 g/mol. The molecule has 1 aliphatic rings. The molecule has 2 nitrogen and oxygen atoms in total. The Bertz CT molecular complexity index is 378. The van der Waals surface area contributed by atoms with E-state index in [0.717, 1.165) is 11.1 Å². The fourth-order valence-corrected chi connectivity index (χ4v) is 2.20. The highest BCUT2D eigenvalue weighted by Crippen LogP contribution is 2.37. The van der Waals surface area contributed by atoms with E-state index < -0.39 is 5.60 Å². The molecule has 82 valence electrons. The van der Waals surface area contributed by atoms with Crippen LogP contribution in [0.25, 0.3) is 0 Å². The van der Waals surface area contributed by atoms with Crippen LogP contribution < -0.4 is 0 Å². The number of rotatable bonds is 1. The zero-order valence-electron chi connectivity index (χ0n) is 8.96. The minimum absolute atomic E-state index is 0.235. The molecular formula is C12H15FO2. The second-order valence-corrected chi connectivity index (χ2v) is 4.15. The molecule has 1 aliphatic heterocycles. The van der Waals surface area contributed by atoms with Gasteiger partial charge in [0.1, 0.15) is 11.4 Å². The van der Waals surface area contributed by atoms with Crippen molar-refractivity contribution in [1.82, 2.24) is 0 Å². The van der Waals surface area contributed by atoms with Gasteiger partial charge >= 0.3 is 0 Å². The molecule has 1 aromatic carbocycles. The van der Waals surface area contributed by atoms with Gasteiger partial charge in [0, 0.05) is 6.42 Å². The van der Waals surface area contributed by atoms with Gasteiger partial charge in [-0.2, -0.15) is 0 Å². The van der Waals surface area contributed by atoms with Gasteiger partial charge in [0.05, 0.1) is 12.7 Å². The van der Waals surface area contributed by atoms with Gasteiger partial charge in [0.2, 0.25) is 0 Å². The number of halogens is 1. The fourth-order valence-electron chi connectivity index (χ4n) is 2.20. The maximum atomic E-state index is 12.9. The summed E-state index contributed by atoms with van der Waals surface area (Å²) in [6.45, 7) is 4.20. The highest BCUT2D eigenvalue weighted by Gasteiger charge is 2.41. The Kier molecular flexibility index (Phi) is 2.52. The second kappa shape index (κ2) is 3.58. The molecule has 1 saturated heterocycles. The molecule has 2 rings (SSSR count). The number of aliphatic hydroxyl groups is 1. The molecule has 0 aliphatic carbocycles. The Labute approximate surface area is 88.7 Å². The van der Waals surface area contributed by atoms with Crippen LogP contribution in [0, 0.1) is 12.7 Å². The molecular weight excluding hydrogens is 195 g/mol. The van der Waals surface area contributed by atoms with E-state index >= 15 is 0 Å². The number of aryl methyl sites for hydroxylation is 1. The van der Waals surface area contributed by atoms with E-state index in [1.54, 1.807) is 13.0 Å². The van der Waals surface area contributed by atoms with Crippen LogP contribution in [-0.2, 0) is 10.3 Å². The molecule has 1 aromatic rings. The van der Waals surface area contributed by atoms with Crippen molar-refractivity contribution in [3.05, 3.63) is 35.1 Å². The van der Waals surface area contributed by atoms with E-state index in [0.29, 0.717) is 13.0 Å². The molecule has 0 aromatic heterocycles. The van der Waals surface area contributed by atoms with Crippen molar-refractivity contribution in [3.63, 3.8) is 0 Å². The molecule has 1 heterocycles. The van der Waals surface area contributed by atoms with Crippen molar-refractivity contribution in [2.45, 2.75) is 32.0 Å². The van der Waals surface area contributed by atoms with Crippen molar-refractivity contribution in [1.29, 1.82) is 0 Å². The number of hydrogen-bond donors (Lipinski definition) is 1. The summed E-state index contributed by atoms with van der Waals surface area (Å²) < 4.78 is 18.3. The molecule has 0 spiro atoms. The lowest BCUT2D eigenvalue weighted by molar-refractivity contribution is -0.0321. The quantitative estimate of drug-likeness (QED) is 0.769. The standard InChI is InChI=1S/C12H15FO2/c1-8-7-10(13)3-4-11(8)12(14)5-6-15-9(12)2/h3-4,7,9,14H,5-6H2,1-2H3. The summed E-state index contributed by atoms with van der Waals surface area (Å²) in [6.07, 6.45) is 0.336. The lowest BCUT2D eigenvalue weighted by Crippen LogP contribution is -2.33. The largest absolute Gasteiger partial charge is 0.382 e. The van der Waals surface area contributed by atoms with Crippen LogP contribution in [0.2, 0.25) is 0 Å². The normalized spacial score (nSPS) is 30.8. The molecule has 3 heteroatoms. The van der Waals surface area contributed by atoms with Crippen molar-refractivity contribution < 1.29 is 14.2 Å². The molecule has 0 radical (unpaired) electrons. The van der Waals surface area contributed by atoms with Gasteiger partial charge in [-0.05, 0) is 37.1 Å². The van der Waals surface area contributed by atoms with Gasteiger partial charge in [-0.1, -0.05) is 6.07 Å². The minimum atomic E-state index is -0.961. The van der Waals surface area contributed by atoms with Gasteiger partial charge in [-0.25, -0.2) is 4.39 Å². The van der Waals surface area contributed by atoms with Crippen LogP contribution in [0.5, 0.6) is 0 Å². The van der Waals surface area contributed by atoms with E-state index in [1.807, 2.05) is 6.92 Å². The van der Waals surface area contributed by atoms with Crippen molar-refractivity contribution in [2.75, 3.05) is 6.61 Å². The third-order valence-electron chi connectivity index (χ3n) is 3.18. The van der Waals surface area contributed by atoms with Crippen molar-refractivity contribution in [3.8, 4) is 0 Å². The molecule has 0 bridgehead atoms. The lowest BCUT2D eigenvalue weighted by atomic mass is 9.85. The summed E-state index contributed by atoms with van der Waals surface area (Å²) in [5, 5.41) is 10.5. The first kappa shape index (κ1) is 10.6. The zero-order chi connectivity index (χ0) is 11.1. The first-order valence-electron chi connectivity index (χ1n) is 5.14. The molecule has 1 N–H and O–H groups in total. The summed E-state index contributed by atoms with van der Waals surface area (Å²) in [4.78, 5) is 0.